The second-order valence-electron chi connectivity index (χ2n) is 5.93. The number of hydrogen-bond donors (Lipinski definition) is 1. The SMILES string of the molecule is CCN(CC)C(=O)CSc1nc2cc(C)[nH]c2c(=O)n1Cc1ccco1. The van der Waals surface area contributed by atoms with Gasteiger partial charge in [-0.25, -0.2) is 4.98 Å². The lowest BCUT2D eigenvalue weighted by Crippen LogP contribution is -2.32. The third-order valence-electron chi connectivity index (χ3n) is 4.17. The van der Waals surface area contributed by atoms with Gasteiger partial charge in [0.25, 0.3) is 5.56 Å². The first kappa shape index (κ1) is 18.3. The Morgan fingerprint density at radius 1 is 1.38 bits per heavy atom. The zero-order valence-electron chi connectivity index (χ0n) is 15.1. The van der Waals surface area contributed by atoms with Crippen LogP contribution in [0.25, 0.3) is 11.0 Å². The smallest absolute Gasteiger partial charge is 0.278 e. The van der Waals surface area contributed by atoms with Crippen LogP contribution in [0.2, 0.25) is 0 Å². The van der Waals surface area contributed by atoms with Gasteiger partial charge in [-0.05, 0) is 39.0 Å². The minimum absolute atomic E-state index is 0.0316. The molecule has 3 aromatic heterocycles. The Hall–Kier alpha value is -2.48. The van der Waals surface area contributed by atoms with Gasteiger partial charge >= 0.3 is 0 Å². The molecule has 0 unspecified atom stereocenters. The zero-order chi connectivity index (χ0) is 18.7. The molecule has 1 N–H and O–H groups in total. The van der Waals surface area contributed by atoms with Crippen LogP contribution in [-0.2, 0) is 11.3 Å². The maximum atomic E-state index is 12.9. The quantitative estimate of drug-likeness (QED) is 0.508. The van der Waals surface area contributed by atoms with Gasteiger partial charge in [-0.3, -0.25) is 14.2 Å². The first-order valence-electron chi connectivity index (χ1n) is 8.56. The maximum Gasteiger partial charge on any atom is 0.278 e. The standard InChI is InChI=1S/C18H22N4O3S/c1-4-21(5-2)15(23)11-26-18-20-14-9-12(3)19-16(14)17(24)22(18)10-13-7-6-8-25-13/h6-9,19H,4-5,10-11H2,1-3H3. The van der Waals surface area contributed by atoms with E-state index in [0.717, 1.165) is 5.69 Å². The predicted molar refractivity (Wildman–Crippen MR) is 102 cm³/mol. The van der Waals surface area contributed by atoms with Crippen LogP contribution in [-0.4, -0.2) is 44.2 Å². The van der Waals surface area contributed by atoms with Crippen molar-refractivity contribution in [2.45, 2.75) is 32.5 Å². The molecule has 7 nitrogen and oxygen atoms in total. The summed E-state index contributed by atoms with van der Waals surface area (Å²) in [6, 6.07) is 5.43. The summed E-state index contributed by atoms with van der Waals surface area (Å²) in [7, 11) is 0. The lowest BCUT2D eigenvalue weighted by atomic mass is 10.4. The van der Waals surface area contributed by atoms with E-state index in [1.165, 1.54) is 11.8 Å². The average molecular weight is 374 g/mol. The molecule has 0 saturated heterocycles. The fourth-order valence-corrected chi connectivity index (χ4v) is 3.71. The largest absolute Gasteiger partial charge is 0.467 e. The number of hydrogen-bond acceptors (Lipinski definition) is 5. The molecule has 0 aliphatic carbocycles. The molecule has 3 rings (SSSR count). The average Bonchev–Trinajstić information content (AvgIpc) is 3.26. The van der Waals surface area contributed by atoms with E-state index in [1.54, 1.807) is 21.8 Å². The number of rotatable bonds is 7. The van der Waals surface area contributed by atoms with Crippen molar-refractivity contribution >= 4 is 28.7 Å². The van der Waals surface area contributed by atoms with Crippen LogP contribution < -0.4 is 5.56 Å². The number of carbonyl (C=O) groups excluding carboxylic acids is 1. The Kier molecular flexibility index (Phi) is 5.51. The molecule has 0 aliphatic heterocycles. The lowest BCUT2D eigenvalue weighted by Gasteiger charge is -2.18. The van der Waals surface area contributed by atoms with E-state index in [9.17, 15) is 9.59 Å². The van der Waals surface area contributed by atoms with E-state index >= 15 is 0 Å². The second kappa shape index (κ2) is 7.82. The second-order valence-corrected chi connectivity index (χ2v) is 6.87. The highest BCUT2D eigenvalue weighted by Crippen LogP contribution is 2.20. The lowest BCUT2D eigenvalue weighted by molar-refractivity contribution is -0.127. The van der Waals surface area contributed by atoms with Crippen LogP contribution in [0, 0.1) is 6.92 Å². The minimum atomic E-state index is -0.169. The van der Waals surface area contributed by atoms with Gasteiger partial charge in [0.1, 0.15) is 11.3 Å². The van der Waals surface area contributed by atoms with Gasteiger partial charge in [-0.2, -0.15) is 0 Å². The molecule has 0 atom stereocenters. The number of H-pyrrole nitrogens is 1. The van der Waals surface area contributed by atoms with Crippen LogP contribution in [0.5, 0.6) is 0 Å². The van der Waals surface area contributed by atoms with Gasteiger partial charge in [-0.1, -0.05) is 11.8 Å². The van der Waals surface area contributed by atoms with Gasteiger partial charge in [0.05, 0.1) is 24.1 Å². The fraction of sp³-hybridized carbons (Fsp3) is 0.389. The van der Waals surface area contributed by atoms with E-state index in [1.807, 2.05) is 32.9 Å². The summed E-state index contributed by atoms with van der Waals surface area (Å²) in [5, 5.41) is 0.512. The van der Waals surface area contributed by atoms with Gasteiger partial charge in [-0.15, -0.1) is 0 Å². The van der Waals surface area contributed by atoms with Crippen molar-refractivity contribution in [2.75, 3.05) is 18.8 Å². The molecule has 0 spiro atoms. The molecule has 0 fully saturated rings. The molecule has 138 valence electrons. The van der Waals surface area contributed by atoms with Crippen molar-refractivity contribution in [3.8, 4) is 0 Å². The Bertz CT molecular complexity index is 955. The highest BCUT2D eigenvalue weighted by atomic mass is 32.2. The molecule has 3 aromatic rings. The number of aryl methyl sites for hydroxylation is 1. The predicted octanol–water partition coefficient (Wildman–Crippen LogP) is 2.63. The van der Waals surface area contributed by atoms with Gasteiger partial charge < -0.3 is 14.3 Å². The number of fused-ring (bicyclic) bond motifs is 1. The summed E-state index contributed by atoms with van der Waals surface area (Å²) in [5.74, 6) is 0.930. The summed E-state index contributed by atoms with van der Waals surface area (Å²) >= 11 is 1.28. The number of furan rings is 1. The number of amides is 1. The van der Waals surface area contributed by atoms with E-state index in [0.29, 0.717) is 35.0 Å². The Labute approximate surface area is 155 Å². The van der Waals surface area contributed by atoms with Crippen molar-refractivity contribution in [1.29, 1.82) is 0 Å². The Morgan fingerprint density at radius 2 is 2.15 bits per heavy atom. The molecule has 0 aliphatic rings. The number of carbonyl (C=O) groups is 1. The van der Waals surface area contributed by atoms with Gasteiger partial charge in [0.15, 0.2) is 5.16 Å². The first-order valence-corrected chi connectivity index (χ1v) is 9.55. The normalized spacial score (nSPS) is 11.2. The van der Waals surface area contributed by atoms with Crippen molar-refractivity contribution < 1.29 is 9.21 Å². The summed E-state index contributed by atoms with van der Waals surface area (Å²) in [5.41, 5.74) is 1.78. The Morgan fingerprint density at radius 3 is 2.81 bits per heavy atom. The van der Waals surface area contributed by atoms with Crippen molar-refractivity contribution in [1.82, 2.24) is 19.4 Å². The summed E-state index contributed by atoms with van der Waals surface area (Å²) in [4.78, 5) is 34.7. The number of nitrogens with one attached hydrogen (secondary N) is 1. The summed E-state index contributed by atoms with van der Waals surface area (Å²) in [6.45, 7) is 7.39. The van der Waals surface area contributed by atoms with Crippen molar-refractivity contribution in [3.05, 3.63) is 46.3 Å². The minimum Gasteiger partial charge on any atom is -0.467 e. The molecule has 26 heavy (non-hydrogen) atoms. The van der Waals surface area contributed by atoms with E-state index < -0.39 is 0 Å². The molecule has 1 amide bonds. The van der Waals surface area contributed by atoms with Crippen LogP contribution in [0.1, 0.15) is 25.3 Å². The number of nitrogens with zero attached hydrogens (tertiary/aromatic N) is 3. The van der Waals surface area contributed by atoms with Gasteiger partial charge in [0.2, 0.25) is 5.91 Å². The van der Waals surface area contributed by atoms with Crippen LogP contribution >= 0.6 is 11.8 Å². The molecule has 0 aromatic carbocycles. The molecule has 0 saturated carbocycles. The van der Waals surface area contributed by atoms with E-state index in [2.05, 4.69) is 9.97 Å². The third kappa shape index (κ3) is 3.70. The number of aromatic amines is 1. The molecular formula is C18H22N4O3S. The monoisotopic (exact) mass is 374 g/mol. The number of thioether (sulfide) groups is 1. The highest BCUT2D eigenvalue weighted by Gasteiger charge is 2.17. The third-order valence-corrected chi connectivity index (χ3v) is 5.13. The molecule has 0 bridgehead atoms. The molecule has 8 heteroatoms. The molecule has 3 heterocycles. The summed E-state index contributed by atoms with van der Waals surface area (Å²) < 4.78 is 6.93. The summed E-state index contributed by atoms with van der Waals surface area (Å²) in [6.07, 6.45) is 1.57. The van der Waals surface area contributed by atoms with Crippen LogP contribution in [0.15, 0.2) is 38.8 Å². The van der Waals surface area contributed by atoms with E-state index in [4.69, 9.17) is 4.42 Å². The van der Waals surface area contributed by atoms with E-state index in [-0.39, 0.29) is 23.8 Å². The van der Waals surface area contributed by atoms with Crippen molar-refractivity contribution in [2.24, 2.45) is 0 Å². The number of aromatic nitrogens is 3. The van der Waals surface area contributed by atoms with Crippen LogP contribution in [0.3, 0.4) is 0 Å². The zero-order valence-corrected chi connectivity index (χ0v) is 15.9. The molecular weight excluding hydrogens is 352 g/mol. The Balaban J connectivity index is 1.96. The molecule has 0 radical (unpaired) electrons. The van der Waals surface area contributed by atoms with Crippen LogP contribution in [0.4, 0.5) is 0 Å². The fourth-order valence-electron chi connectivity index (χ4n) is 2.81. The van der Waals surface area contributed by atoms with Crippen molar-refractivity contribution in [3.63, 3.8) is 0 Å². The maximum absolute atomic E-state index is 12.9. The first-order chi connectivity index (χ1) is 12.5. The highest BCUT2D eigenvalue weighted by molar-refractivity contribution is 7.99. The topological polar surface area (TPSA) is 84.1 Å². The van der Waals surface area contributed by atoms with Gasteiger partial charge in [0, 0.05) is 18.8 Å².